The van der Waals surface area contributed by atoms with Gasteiger partial charge in [-0.05, 0) is 66.1 Å². The van der Waals surface area contributed by atoms with Crippen LogP contribution < -0.4 is 24.4 Å². The van der Waals surface area contributed by atoms with Gasteiger partial charge in [0.25, 0.3) is 5.56 Å². The highest BCUT2D eigenvalue weighted by atomic mass is 35.5. The number of thiazole rings is 1. The van der Waals surface area contributed by atoms with Crippen molar-refractivity contribution in [3.8, 4) is 11.5 Å². The van der Waals surface area contributed by atoms with Gasteiger partial charge in [-0.3, -0.25) is 9.36 Å². The molecule has 0 fully saturated rings. The number of hydrogen-bond donors (Lipinski definition) is 0. The SMILES string of the molecule is CCOC(=O)C1=C(c2ccccc2)N=c2s/c(=C\c3cc(Cl)c(OCc4ccc(F)cc4)c(OC)c3)c(=O)n2[C@H]1c1ccc(Cl)cc1. The average Bonchev–Trinajstić information content (AvgIpc) is 3.38. The maximum Gasteiger partial charge on any atom is 0.338 e. The number of nitrogens with zero attached hydrogens (tertiary/aromatic N) is 2. The first-order valence-electron chi connectivity index (χ1n) is 14.6. The second-order valence-electron chi connectivity index (χ2n) is 10.4. The summed E-state index contributed by atoms with van der Waals surface area (Å²) in [6, 6.07) is 24.8. The van der Waals surface area contributed by atoms with Gasteiger partial charge < -0.3 is 14.2 Å². The molecule has 0 N–H and O–H groups in total. The lowest BCUT2D eigenvalue weighted by atomic mass is 9.93. The van der Waals surface area contributed by atoms with E-state index in [1.807, 2.05) is 30.3 Å². The molecule has 47 heavy (non-hydrogen) atoms. The van der Waals surface area contributed by atoms with Crippen molar-refractivity contribution < 1.29 is 23.4 Å². The Bertz CT molecular complexity index is 2160. The molecule has 0 aliphatic carbocycles. The van der Waals surface area contributed by atoms with Crippen molar-refractivity contribution in [3.63, 3.8) is 0 Å². The molecule has 1 atom stereocenters. The van der Waals surface area contributed by atoms with Crippen LogP contribution in [0.4, 0.5) is 4.39 Å². The summed E-state index contributed by atoms with van der Waals surface area (Å²) < 4.78 is 32.2. The number of aromatic nitrogens is 1. The smallest absolute Gasteiger partial charge is 0.338 e. The molecule has 0 saturated carbocycles. The van der Waals surface area contributed by atoms with Gasteiger partial charge in [0.05, 0.1) is 40.6 Å². The van der Waals surface area contributed by atoms with Crippen LogP contribution in [0.2, 0.25) is 10.0 Å². The third-order valence-corrected chi connectivity index (χ3v) is 8.92. The topological polar surface area (TPSA) is 79.1 Å². The lowest BCUT2D eigenvalue weighted by Crippen LogP contribution is -2.40. The zero-order valence-corrected chi connectivity index (χ0v) is 27.5. The maximum absolute atomic E-state index is 14.2. The summed E-state index contributed by atoms with van der Waals surface area (Å²) >= 11 is 14.0. The predicted octanol–water partition coefficient (Wildman–Crippen LogP) is 6.97. The van der Waals surface area contributed by atoms with E-state index in [9.17, 15) is 14.0 Å². The first-order valence-corrected chi connectivity index (χ1v) is 16.1. The number of esters is 1. The molecule has 11 heteroatoms. The van der Waals surface area contributed by atoms with Crippen LogP contribution >= 0.6 is 34.5 Å². The number of ether oxygens (including phenoxy) is 3. The molecule has 2 heterocycles. The molecule has 0 radical (unpaired) electrons. The van der Waals surface area contributed by atoms with E-state index in [1.54, 1.807) is 61.5 Å². The van der Waals surface area contributed by atoms with Crippen LogP contribution in [0.25, 0.3) is 11.8 Å². The van der Waals surface area contributed by atoms with Gasteiger partial charge in [0, 0.05) is 10.6 Å². The van der Waals surface area contributed by atoms with Crippen molar-refractivity contribution in [2.24, 2.45) is 4.99 Å². The molecular weight excluding hydrogens is 662 g/mol. The van der Waals surface area contributed by atoms with Crippen molar-refractivity contribution >= 4 is 52.3 Å². The molecule has 7 nitrogen and oxygen atoms in total. The number of hydrogen-bond acceptors (Lipinski definition) is 7. The van der Waals surface area contributed by atoms with Crippen LogP contribution in [0.3, 0.4) is 0 Å². The number of fused-ring (bicyclic) bond motifs is 1. The summed E-state index contributed by atoms with van der Waals surface area (Å²) in [5.74, 6) is -0.246. The average molecular weight is 690 g/mol. The molecule has 0 bridgehead atoms. The molecule has 238 valence electrons. The van der Waals surface area contributed by atoms with Gasteiger partial charge in [0.1, 0.15) is 12.4 Å². The molecule has 5 aromatic rings. The van der Waals surface area contributed by atoms with Crippen LogP contribution in [-0.4, -0.2) is 24.3 Å². The Morgan fingerprint density at radius 2 is 1.74 bits per heavy atom. The Morgan fingerprint density at radius 3 is 2.43 bits per heavy atom. The van der Waals surface area contributed by atoms with Gasteiger partial charge in [-0.2, -0.15) is 0 Å². The fourth-order valence-electron chi connectivity index (χ4n) is 5.25. The maximum atomic E-state index is 14.2. The van der Waals surface area contributed by atoms with E-state index >= 15 is 0 Å². The standard InChI is InChI=1S/C36H27Cl2FN2O5S/c1-3-45-35(43)30-31(23-7-5-4-6-8-23)40-36-41(32(30)24-11-13-25(37)14-12-24)34(42)29(47-36)19-22-17-27(38)33(28(18-22)44-2)46-20-21-9-15-26(39)16-10-21/h4-19,32H,3,20H2,1-2H3/b29-19-/t32-/m0/s1. The van der Waals surface area contributed by atoms with Crippen molar-refractivity contribution in [3.05, 3.63) is 154 Å². The molecule has 4 aromatic carbocycles. The summed E-state index contributed by atoms with van der Waals surface area (Å²) in [6.45, 7) is 2.02. The van der Waals surface area contributed by atoms with Crippen LogP contribution in [-0.2, 0) is 16.1 Å². The van der Waals surface area contributed by atoms with E-state index in [-0.39, 0.29) is 35.2 Å². The molecule has 0 spiro atoms. The molecular formula is C36H27Cl2FN2O5S. The highest BCUT2D eigenvalue weighted by Gasteiger charge is 2.35. The molecule has 0 saturated heterocycles. The Balaban J connectivity index is 1.48. The zero-order chi connectivity index (χ0) is 33.1. The number of carbonyl (C=O) groups excluding carboxylic acids is 1. The van der Waals surface area contributed by atoms with Gasteiger partial charge in [0.2, 0.25) is 0 Å². The van der Waals surface area contributed by atoms with Crippen LogP contribution in [0.5, 0.6) is 11.5 Å². The van der Waals surface area contributed by atoms with Crippen LogP contribution in [0, 0.1) is 5.82 Å². The second kappa shape index (κ2) is 14.0. The van der Waals surface area contributed by atoms with E-state index in [0.717, 1.165) is 5.56 Å². The summed E-state index contributed by atoms with van der Waals surface area (Å²) in [5.41, 5.74) is 3.02. The predicted molar refractivity (Wildman–Crippen MR) is 181 cm³/mol. The normalized spacial score (nSPS) is 14.4. The number of carbonyl (C=O) groups is 1. The largest absolute Gasteiger partial charge is 0.493 e. The first-order chi connectivity index (χ1) is 22.8. The third kappa shape index (κ3) is 6.74. The van der Waals surface area contributed by atoms with Crippen molar-refractivity contribution in [1.82, 2.24) is 4.57 Å². The van der Waals surface area contributed by atoms with Crippen molar-refractivity contribution in [2.45, 2.75) is 19.6 Å². The molecule has 1 aromatic heterocycles. The molecule has 0 unspecified atom stereocenters. The fourth-order valence-corrected chi connectivity index (χ4v) is 6.65. The van der Waals surface area contributed by atoms with E-state index in [1.165, 1.54) is 35.1 Å². The highest BCUT2D eigenvalue weighted by molar-refractivity contribution is 7.07. The lowest BCUT2D eigenvalue weighted by Gasteiger charge is -2.25. The quantitative estimate of drug-likeness (QED) is 0.156. The Kier molecular flexibility index (Phi) is 9.58. The Morgan fingerprint density at radius 1 is 1.02 bits per heavy atom. The lowest BCUT2D eigenvalue weighted by molar-refractivity contribution is -0.138. The minimum atomic E-state index is -0.833. The van der Waals surface area contributed by atoms with Crippen molar-refractivity contribution in [1.29, 1.82) is 0 Å². The van der Waals surface area contributed by atoms with Gasteiger partial charge in [-0.1, -0.05) is 89.1 Å². The first kappa shape index (κ1) is 32.2. The zero-order valence-electron chi connectivity index (χ0n) is 25.2. The minimum Gasteiger partial charge on any atom is -0.493 e. The van der Waals surface area contributed by atoms with E-state index in [2.05, 4.69) is 0 Å². The summed E-state index contributed by atoms with van der Waals surface area (Å²) in [7, 11) is 1.49. The summed E-state index contributed by atoms with van der Waals surface area (Å²) in [5, 5.41) is 0.780. The molecule has 1 aliphatic rings. The molecule has 1 aliphatic heterocycles. The van der Waals surface area contributed by atoms with E-state index in [0.29, 0.717) is 48.2 Å². The highest BCUT2D eigenvalue weighted by Crippen LogP contribution is 2.38. The second-order valence-corrected chi connectivity index (χ2v) is 12.3. The van der Waals surface area contributed by atoms with Gasteiger partial charge in [-0.15, -0.1) is 0 Å². The van der Waals surface area contributed by atoms with Gasteiger partial charge >= 0.3 is 5.97 Å². The Hall–Kier alpha value is -4.70. The van der Waals surface area contributed by atoms with E-state index in [4.69, 9.17) is 42.4 Å². The number of benzene rings is 4. The summed E-state index contributed by atoms with van der Waals surface area (Å²) in [4.78, 5) is 33.1. The van der Waals surface area contributed by atoms with Crippen LogP contribution in [0.15, 0.2) is 106 Å². The third-order valence-electron chi connectivity index (χ3n) is 7.41. The summed E-state index contributed by atoms with van der Waals surface area (Å²) in [6.07, 6.45) is 1.69. The molecule has 0 amide bonds. The number of rotatable bonds is 9. The van der Waals surface area contributed by atoms with Gasteiger partial charge in [0.15, 0.2) is 16.3 Å². The van der Waals surface area contributed by atoms with Crippen LogP contribution in [0.1, 0.15) is 35.2 Å². The fraction of sp³-hybridized carbons (Fsp3) is 0.139. The number of methoxy groups -OCH3 is 1. The van der Waals surface area contributed by atoms with Gasteiger partial charge in [-0.25, -0.2) is 14.2 Å². The minimum absolute atomic E-state index is 0.144. The Labute approximate surface area is 283 Å². The molecule has 6 rings (SSSR count). The van der Waals surface area contributed by atoms with Crippen molar-refractivity contribution in [2.75, 3.05) is 13.7 Å². The monoisotopic (exact) mass is 688 g/mol. The number of halogens is 3. The van der Waals surface area contributed by atoms with E-state index < -0.39 is 12.0 Å².